The lowest BCUT2D eigenvalue weighted by Gasteiger charge is -2.06. The van der Waals surface area contributed by atoms with Crippen molar-refractivity contribution >= 4 is 35.0 Å². The van der Waals surface area contributed by atoms with Crippen molar-refractivity contribution in [1.82, 2.24) is 14.9 Å². The van der Waals surface area contributed by atoms with Gasteiger partial charge in [0.25, 0.3) is 0 Å². The fourth-order valence-corrected chi connectivity index (χ4v) is 2.88. The molecule has 0 unspecified atom stereocenters. The summed E-state index contributed by atoms with van der Waals surface area (Å²) in [4.78, 5) is 12.0. The lowest BCUT2D eigenvalue weighted by Crippen LogP contribution is -2.16. The summed E-state index contributed by atoms with van der Waals surface area (Å²) in [5, 5.41) is 11.8. The topological polar surface area (TPSA) is 85.8 Å². The number of hydrogen-bond acceptors (Lipinski definition) is 5. The van der Waals surface area contributed by atoms with Crippen molar-refractivity contribution in [1.29, 1.82) is 0 Å². The van der Waals surface area contributed by atoms with Gasteiger partial charge >= 0.3 is 0 Å². The Balaban J connectivity index is 1.64. The van der Waals surface area contributed by atoms with Crippen LogP contribution in [-0.4, -0.2) is 26.5 Å². The van der Waals surface area contributed by atoms with Gasteiger partial charge in [-0.25, -0.2) is 4.68 Å². The lowest BCUT2D eigenvalue weighted by molar-refractivity contribution is -0.113. The van der Waals surface area contributed by atoms with Gasteiger partial charge < -0.3 is 11.2 Å². The number of aromatic nitrogens is 3. The van der Waals surface area contributed by atoms with E-state index in [9.17, 15) is 4.79 Å². The minimum atomic E-state index is -0.197. The van der Waals surface area contributed by atoms with Gasteiger partial charge in [-0.15, -0.1) is 10.2 Å². The molecule has 1 aromatic heterocycles. The summed E-state index contributed by atoms with van der Waals surface area (Å²) in [5.74, 6) is 6.51. The molecule has 6 nitrogen and oxygen atoms in total. The second-order valence-electron chi connectivity index (χ2n) is 4.86. The molecule has 0 fully saturated rings. The molecule has 1 heterocycles. The highest BCUT2D eigenvalue weighted by molar-refractivity contribution is 7.99. The maximum absolute atomic E-state index is 12.0. The van der Waals surface area contributed by atoms with Crippen molar-refractivity contribution in [2.24, 2.45) is 0 Å². The monoisotopic (exact) mass is 359 g/mol. The van der Waals surface area contributed by atoms with Gasteiger partial charge in [0.1, 0.15) is 0 Å². The first-order chi connectivity index (χ1) is 11.6. The van der Waals surface area contributed by atoms with Gasteiger partial charge in [0, 0.05) is 5.56 Å². The van der Waals surface area contributed by atoms with E-state index in [1.54, 1.807) is 24.3 Å². The van der Waals surface area contributed by atoms with Crippen LogP contribution in [0.4, 0.5) is 5.69 Å². The fourth-order valence-electron chi connectivity index (χ4n) is 2.04. The molecule has 0 spiro atoms. The average Bonchev–Trinajstić information content (AvgIpc) is 2.97. The highest BCUT2D eigenvalue weighted by Crippen LogP contribution is 2.23. The zero-order valence-electron chi connectivity index (χ0n) is 12.5. The van der Waals surface area contributed by atoms with E-state index in [1.807, 2.05) is 30.3 Å². The summed E-state index contributed by atoms with van der Waals surface area (Å²) >= 11 is 7.22. The van der Waals surface area contributed by atoms with E-state index in [4.69, 9.17) is 17.4 Å². The molecule has 0 saturated heterocycles. The molecule has 3 rings (SSSR count). The first-order valence-corrected chi connectivity index (χ1v) is 8.44. The van der Waals surface area contributed by atoms with Gasteiger partial charge in [-0.2, -0.15) is 0 Å². The standard InChI is InChI=1S/C16H14ClN5OS/c17-12-8-4-5-9-13(12)19-14(23)10-24-16-21-20-15(22(16)18)11-6-2-1-3-7-11/h1-9H,10,18H2,(H,19,23). The Morgan fingerprint density at radius 2 is 1.83 bits per heavy atom. The fraction of sp³-hybridized carbons (Fsp3) is 0.0625. The number of rotatable bonds is 5. The Morgan fingerprint density at radius 3 is 2.58 bits per heavy atom. The van der Waals surface area contributed by atoms with Gasteiger partial charge in [0.15, 0.2) is 5.82 Å². The molecule has 1 amide bonds. The van der Waals surface area contributed by atoms with E-state index in [0.29, 0.717) is 21.7 Å². The molecule has 0 bridgehead atoms. The Hall–Kier alpha value is -2.51. The molecule has 122 valence electrons. The van der Waals surface area contributed by atoms with Crippen LogP contribution >= 0.6 is 23.4 Å². The lowest BCUT2D eigenvalue weighted by atomic mass is 10.2. The summed E-state index contributed by atoms with van der Waals surface area (Å²) in [5.41, 5.74) is 1.43. The molecular formula is C16H14ClN5OS. The third-order valence-corrected chi connectivity index (χ3v) is 4.45. The van der Waals surface area contributed by atoms with Crippen LogP contribution in [0.1, 0.15) is 0 Å². The number of nitrogens with two attached hydrogens (primary N) is 1. The van der Waals surface area contributed by atoms with Crippen LogP contribution in [0.5, 0.6) is 0 Å². The molecule has 0 saturated carbocycles. The molecule has 3 aromatic rings. The first-order valence-electron chi connectivity index (χ1n) is 7.08. The largest absolute Gasteiger partial charge is 0.335 e. The third kappa shape index (κ3) is 3.69. The molecule has 3 N–H and O–H groups in total. The summed E-state index contributed by atoms with van der Waals surface area (Å²) < 4.78 is 1.38. The van der Waals surface area contributed by atoms with Gasteiger partial charge in [0.2, 0.25) is 11.1 Å². The van der Waals surface area contributed by atoms with Gasteiger partial charge in [-0.1, -0.05) is 65.8 Å². The molecule has 0 radical (unpaired) electrons. The number of para-hydroxylation sites is 1. The maximum atomic E-state index is 12.0. The SMILES string of the molecule is Nn1c(SCC(=O)Nc2ccccc2Cl)nnc1-c1ccccc1. The zero-order chi connectivity index (χ0) is 16.9. The number of anilines is 1. The average molecular weight is 360 g/mol. The number of amides is 1. The molecule has 0 aliphatic heterocycles. The van der Waals surface area contributed by atoms with E-state index in [2.05, 4.69) is 15.5 Å². The smallest absolute Gasteiger partial charge is 0.234 e. The number of halogens is 1. The highest BCUT2D eigenvalue weighted by atomic mass is 35.5. The van der Waals surface area contributed by atoms with E-state index < -0.39 is 0 Å². The number of hydrogen-bond donors (Lipinski definition) is 2. The number of nitrogens with one attached hydrogen (secondary N) is 1. The first kappa shape index (κ1) is 16.4. The van der Waals surface area contributed by atoms with Crippen LogP contribution in [-0.2, 0) is 4.79 Å². The predicted molar refractivity (Wildman–Crippen MR) is 96.4 cm³/mol. The van der Waals surface area contributed by atoms with Crippen molar-refractivity contribution in [2.45, 2.75) is 5.16 Å². The van der Waals surface area contributed by atoms with E-state index >= 15 is 0 Å². The zero-order valence-corrected chi connectivity index (χ0v) is 14.1. The van der Waals surface area contributed by atoms with Crippen LogP contribution in [0.25, 0.3) is 11.4 Å². The molecule has 0 atom stereocenters. The number of nitrogen functional groups attached to an aromatic ring is 1. The number of carbonyl (C=O) groups is 1. The Morgan fingerprint density at radius 1 is 1.12 bits per heavy atom. The summed E-state index contributed by atoms with van der Waals surface area (Å²) in [6.07, 6.45) is 0. The van der Waals surface area contributed by atoms with Crippen molar-refractivity contribution in [3.63, 3.8) is 0 Å². The quantitative estimate of drug-likeness (QED) is 0.540. The number of thioether (sulfide) groups is 1. The predicted octanol–water partition coefficient (Wildman–Crippen LogP) is 3.04. The Kier molecular flexibility index (Phi) is 5.02. The Bertz CT molecular complexity index is 853. The highest BCUT2D eigenvalue weighted by Gasteiger charge is 2.14. The summed E-state index contributed by atoms with van der Waals surface area (Å²) in [6, 6.07) is 16.6. The molecule has 8 heteroatoms. The van der Waals surface area contributed by atoms with Crippen LogP contribution in [0, 0.1) is 0 Å². The van der Waals surface area contributed by atoms with Gasteiger partial charge in [-0.05, 0) is 12.1 Å². The molecule has 0 aliphatic carbocycles. The second kappa shape index (κ2) is 7.37. The van der Waals surface area contributed by atoms with Crippen molar-refractivity contribution in [3.05, 3.63) is 59.6 Å². The van der Waals surface area contributed by atoms with Crippen molar-refractivity contribution in [2.75, 3.05) is 16.9 Å². The van der Waals surface area contributed by atoms with Crippen molar-refractivity contribution < 1.29 is 4.79 Å². The van der Waals surface area contributed by atoms with E-state index in [1.165, 1.54) is 16.4 Å². The van der Waals surface area contributed by atoms with Crippen LogP contribution in [0.3, 0.4) is 0 Å². The number of benzene rings is 2. The maximum Gasteiger partial charge on any atom is 0.234 e. The third-order valence-electron chi connectivity index (χ3n) is 3.18. The minimum Gasteiger partial charge on any atom is -0.335 e. The van der Waals surface area contributed by atoms with Crippen LogP contribution in [0.15, 0.2) is 59.8 Å². The van der Waals surface area contributed by atoms with Crippen LogP contribution in [0.2, 0.25) is 5.02 Å². The molecule has 0 aliphatic rings. The summed E-state index contributed by atoms with van der Waals surface area (Å²) in [7, 11) is 0. The van der Waals surface area contributed by atoms with Crippen molar-refractivity contribution in [3.8, 4) is 11.4 Å². The second-order valence-corrected chi connectivity index (χ2v) is 6.21. The number of nitrogens with zero attached hydrogens (tertiary/aromatic N) is 3. The molecular weight excluding hydrogens is 346 g/mol. The summed E-state index contributed by atoms with van der Waals surface area (Å²) in [6.45, 7) is 0. The van der Waals surface area contributed by atoms with Gasteiger partial charge in [0.05, 0.1) is 16.5 Å². The molecule has 2 aromatic carbocycles. The minimum absolute atomic E-state index is 0.148. The number of carbonyl (C=O) groups excluding carboxylic acids is 1. The van der Waals surface area contributed by atoms with E-state index in [0.717, 1.165) is 5.56 Å². The van der Waals surface area contributed by atoms with E-state index in [-0.39, 0.29) is 11.7 Å². The van der Waals surface area contributed by atoms with Crippen LogP contribution < -0.4 is 11.2 Å². The molecule has 24 heavy (non-hydrogen) atoms. The Labute approximate surface area is 148 Å². The van der Waals surface area contributed by atoms with Gasteiger partial charge in [-0.3, -0.25) is 4.79 Å². The normalized spacial score (nSPS) is 10.5.